The molecule has 0 aliphatic heterocycles. The van der Waals surface area contributed by atoms with Crippen molar-refractivity contribution in [1.29, 1.82) is 0 Å². The van der Waals surface area contributed by atoms with Crippen molar-refractivity contribution in [3.05, 3.63) is 30.1 Å². The molecule has 0 saturated heterocycles. The molecule has 0 radical (unpaired) electrons. The van der Waals surface area contributed by atoms with Crippen LogP contribution in [0.3, 0.4) is 0 Å². The van der Waals surface area contributed by atoms with E-state index in [1.807, 2.05) is 20.8 Å². The van der Waals surface area contributed by atoms with Crippen LogP contribution in [0.4, 0.5) is 10.1 Å². The minimum absolute atomic E-state index is 0.0859. The molecule has 2 atom stereocenters. The first-order valence-electron chi connectivity index (χ1n) is 7.44. The molecular formula is C16H25FN3O2+. The van der Waals surface area contributed by atoms with Crippen LogP contribution in [-0.4, -0.2) is 38.0 Å². The van der Waals surface area contributed by atoms with Crippen molar-refractivity contribution in [3.8, 4) is 0 Å². The van der Waals surface area contributed by atoms with Crippen LogP contribution in [0.5, 0.6) is 0 Å². The van der Waals surface area contributed by atoms with E-state index in [9.17, 15) is 14.0 Å². The first-order chi connectivity index (χ1) is 10.3. The van der Waals surface area contributed by atoms with Gasteiger partial charge in [-0.25, -0.2) is 4.39 Å². The first-order valence-corrected chi connectivity index (χ1v) is 7.44. The van der Waals surface area contributed by atoms with Crippen LogP contribution in [0.2, 0.25) is 0 Å². The Labute approximate surface area is 130 Å². The molecule has 0 aromatic heterocycles. The number of benzene rings is 1. The summed E-state index contributed by atoms with van der Waals surface area (Å²) >= 11 is 0. The maximum Gasteiger partial charge on any atom is 0.279 e. The molecule has 0 aliphatic carbocycles. The van der Waals surface area contributed by atoms with Gasteiger partial charge in [-0.1, -0.05) is 19.9 Å². The highest BCUT2D eigenvalue weighted by Crippen LogP contribution is 2.08. The fraction of sp³-hybridized carbons (Fsp3) is 0.500. The van der Waals surface area contributed by atoms with Crippen LogP contribution in [0.25, 0.3) is 0 Å². The summed E-state index contributed by atoms with van der Waals surface area (Å²) in [5.41, 5.74) is 0.413. The van der Waals surface area contributed by atoms with E-state index in [0.29, 0.717) is 11.6 Å². The second-order valence-corrected chi connectivity index (χ2v) is 5.97. The smallest absolute Gasteiger partial charge is 0.279 e. The minimum Gasteiger partial charge on any atom is -0.348 e. The van der Waals surface area contributed by atoms with Crippen LogP contribution in [0, 0.1) is 11.7 Å². The average molecular weight is 310 g/mol. The molecule has 122 valence electrons. The molecule has 0 heterocycles. The molecule has 22 heavy (non-hydrogen) atoms. The molecule has 0 fully saturated rings. The summed E-state index contributed by atoms with van der Waals surface area (Å²) < 4.78 is 13.0. The fourth-order valence-corrected chi connectivity index (χ4v) is 1.85. The van der Waals surface area contributed by atoms with E-state index in [1.54, 1.807) is 13.1 Å². The molecule has 0 spiro atoms. The third-order valence-electron chi connectivity index (χ3n) is 3.42. The second-order valence-electron chi connectivity index (χ2n) is 5.97. The topological polar surface area (TPSA) is 62.6 Å². The standard InChI is InChI=1S/C16H24FN3O2/c1-11(2)12(3)18-15(21)9-20(4)10-16(22)19-14-7-5-6-13(17)8-14/h5-8,11-12H,9-10H2,1-4H3,(H,18,21)(H,19,22)/p+1/t12-/m1/s1. The lowest BCUT2D eigenvalue weighted by molar-refractivity contribution is -0.862. The summed E-state index contributed by atoms with van der Waals surface area (Å²) in [5.74, 6) is -0.383. The molecule has 1 aromatic carbocycles. The average Bonchev–Trinajstić information content (AvgIpc) is 2.37. The van der Waals surface area contributed by atoms with Crippen molar-refractivity contribution in [2.45, 2.75) is 26.8 Å². The van der Waals surface area contributed by atoms with E-state index in [1.165, 1.54) is 18.2 Å². The summed E-state index contributed by atoms with van der Waals surface area (Å²) in [6.45, 7) is 6.38. The van der Waals surface area contributed by atoms with E-state index < -0.39 is 5.82 Å². The van der Waals surface area contributed by atoms with Gasteiger partial charge in [0.15, 0.2) is 13.1 Å². The Morgan fingerprint density at radius 1 is 1.18 bits per heavy atom. The number of rotatable bonds is 7. The van der Waals surface area contributed by atoms with Crippen molar-refractivity contribution in [1.82, 2.24) is 5.32 Å². The zero-order valence-electron chi connectivity index (χ0n) is 13.6. The lowest BCUT2D eigenvalue weighted by atomic mass is 10.1. The molecule has 0 saturated carbocycles. The maximum atomic E-state index is 13.0. The van der Waals surface area contributed by atoms with Crippen LogP contribution < -0.4 is 15.5 Å². The van der Waals surface area contributed by atoms with Crippen LogP contribution in [-0.2, 0) is 9.59 Å². The Morgan fingerprint density at radius 2 is 1.82 bits per heavy atom. The number of quaternary nitrogens is 1. The molecule has 3 N–H and O–H groups in total. The number of likely N-dealkylation sites (N-methyl/N-ethyl adjacent to an activating group) is 1. The predicted molar refractivity (Wildman–Crippen MR) is 84.1 cm³/mol. The molecule has 2 amide bonds. The predicted octanol–water partition coefficient (Wildman–Crippen LogP) is 0.440. The van der Waals surface area contributed by atoms with E-state index >= 15 is 0 Å². The van der Waals surface area contributed by atoms with Gasteiger partial charge >= 0.3 is 0 Å². The number of nitrogens with one attached hydrogen (secondary N) is 3. The van der Waals surface area contributed by atoms with Gasteiger partial charge in [0.25, 0.3) is 11.8 Å². The molecule has 1 aromatic rings. The number of hydrogen-bond acceptors (Lipinski definition) is 2. The Morgan fingerprint density at radius 3 is 2.41 bits per heavy atom. The van der Waals surface area contributed by atoms with Gasteiger partial charge in [0.05, 0.1) is 7.05 Å². The summed E-state index contributed by atoms with van der Waals surface area (Å²) in [6, 6.07) is 5.81. The van der Waals surface area contributed by atoms with Gasteiger partial charge in [-0.05, 0) is 31.0 Å². The van der Waals surface area contributed by atoms with Gasteiger partial charge in [0.2, 0.25) is 0 Å². The van der Waals surface area contributed by atoms with Crippen molar-refractivity contribution < 1.29 is 18.9 Å². The summed E-state index contributed by atoms with van der Waals surface area (Å²) in [6.07, 6.45) is 0. The quantitative estimate of drug-likeness (QED) is 0.684. The molecule has 1 rings (SSSR count). The lowest BCUT2D eigenvalue weighted by Crippen LogP contribution is -3.11. The highest BCUT2D eigenvalue weighted by atomic mass is 19.1. The second kappa shape index (κ2) is 8.48. The monoisotopic (exact) mass is 310 g/mol. The van der Waals surface area contributed by atoms with Gasteiger partial charge < -0.3 is 15.5 Å². The van der Waals surface area contributed by atoms with Gasteiger partial charge in [0.1, 0.15) is 5.82 Å². The minimum atomic E-state index is -0.402. The molecule has 0 bridgehead atoms. The van der Waals surface area contributed by atoms with E-state index in [4.69, 9.17) is 0 Å². The summed E-state index contributed by atoms with van der Waals surface area (Å²) in [7, 11) is 1.77. The highest BCUT2D eigenvalue weighted by Gasteiger charge is 2.17. The summed E-state index contributed by atoms with van der Waals surface area (Å²) in [5, 5.41) is 5.51. The number of hydrogen-bond donors (Lipinski definition) is 3. The van der Waals surface area contributed by atoms with Crippen molar-refractivity contribution in [2.75, 3.05) is 25.5 Å². The third kappa shape index (κ3) is 6.67. The first kappa shape index (κ1) is 18.1. The fourth-order valence-electron chi connectivity index (χ4n) is 1.85. The van der Waals surface area contributed by atoms with Crippen molar-refractivity contribution in [3.63, 3.8) is 0 Å². The number of carbonyl (C=O) groups is 2. The number of halogens is 1. The zero-order valence-corrected chi connectivity index (χ0v) is 13.6. The van der Waals surface area contributed by atoms with Gasteiger partial charge in [-0.3, -0.25) is 9.59 Å². The Kier molecular flexibility index (Phi) is 6.98. The SMILES string of the molecule is CC(C)[C@@H](C)NC(=O)C[NH+](C)CC(=O)Nc1cccc(F)c1. The van der Waals surface area contributed by atoms with Gasteiger partial charge in [-0.15, -0.1) is 0 Å². The zero-order chi connectivity index (χ0) is 16.7. The number of amides is 2. The van der Waals surface area contributed by atoms with Gasteiger partial charge in [0, 0.05) is 11.7 Å². The molecular weight excluding hydrogens is 285 g/mol. The molecule has 0 aliphatic rings. The van der Waals surface area contributed by atoms with Crippen LogP contribution >= 0.6 is 0 Å². The number of anilines is 1. The van der Waals surface area contributed by atoms with E-state index in [-0.39, 0.29) is 30.9 Å². The molecule has 1 unspecified atom stereocenters. The third-order valence-corrected chi connectivity index (χ3v) is 3.42. The van der Waals surface area contributed by atoms with Crippen molar-refractivity contribution in [2.24, 2.45) is 5.92 Å². The van der Waals surface area contributed by atoms with Crippen molar-refractivity contribution >= 4 is 17.5 Å². The summed E-state index contributed by atoms with van der Waals surface area (Å²) in [4.78, 5) is 24.5. The Balaban J connectivity index is 2.39. The largest absolute Gasteiger partial charge is 0.348 e. The van der Waals surface area contributed by atoms with E-state index in [2.05, 4.69) is 10.6 Å². The normalized spacial score (nSPS) is 13.5. The van der Waals surface area contributed by atoms with Crippen LogP contribution in [0.1, 0.15) is 20.8 Å². The molecule has 6 heteroatoms. The molecule has 5 nitrogen and oxygen atoms in total. The maximum absolute atomic E-state index is 13.0. The Hall–Kier alpha value is -1.95. The van der Waals surface area contributed by atoms with Crippen LogP contribution in [0.15, 0.2) is 24.3 Å². The Bertz CT molecular complexity index is 520. The van der Waals surface area contributed by atoms with E-state index in [0.717, 1.165) is 4.90 Å². The van der Waals surface area contributed by atoms with Gasteiger partial charge in [-0.2, -0.15) is 0 Å². The lowest BCUT2D eigenvalue weighted by Gasteiger charge is -2.19. The highest BCUT2D eigenvalue weighted by molar-refractivity contribution is 5.91. The number of carbonyl (C=O) groups excluding carboxylic acids is 2.